The highest BCUT2D eigenvalue weighted by molar-refractivity contribution is 5.79. The first-order valence-corrected chi connectivity index (χ1v) is 8.67. The third-order valence-electron chi connectivity index (χ3n) is 4.38. The van der Waals surface area contributed by atoms with Crippen molar-refractivity contribution in [2.45, 2.75) is 32.7 Å². The van der Waals surface area contributed by atoms with Crippen molar-refractivity contribution >= 4 is 5.91 Å². The second-order valence-corrected chi connectivity index (χ2v) is 6.12. The third kappa shape index (κ3) is 4.69. The summed E-state index contributed by atoms with van der Waals surface area (Å²) >= 11 is 0. The van der Waals surface area contributed by atoms with Crippen LogP contribution in [-0.4, -0.2) is 27.2 Å². The lowest BCUT2D eigenvalue weighted by molar-refractivity contribution is -0.121. The molecule has 1 amide bonds. The first kappa shape index (κ1) is 19.6. The van der Waals surface area contributed by atoms with E-state index < -0.39 is 0 Å². The van der Waals surface area contributed by atoms with Crippen LogP contribution >= 0.6 is 0 Å². The molecule has 2 aromatic rings. The minimum Gasteiger partial charge on any atom is -0.496 e. The summed E-state index contributed by atoms with van der Waals surface area (Å²) in [6, 6.07) is 11.5. The first-order valence-electron chi connectivity index (χ1n) is 8.67. The van der Waals surface area contributed by atoms with Gasteiger partial charge in [0.1, 0.15) is 5.75 Å². The van der Waals surface area contributed by atoms with Crippen molar-refractivity contribution in [1.29, 1.82) is 0 Å². The molecule has 1 unspecified atom stereocenters. The molecule has 0 heterocycles. The zero-order valence-electron chi connectivity index (χ0n) is 16.1. The van der Waals surface area contributed by atoms with Crippen LogP contribution in [0.5, 0.6) is 17.2 Å². The highest BCUT2D eigenvalue weighted by Gasteiger charge is 2.15. The molecule has 0 spiro atoms. The van der Waals surface area contributed by atoms with Crippen LogP contribution in [0.2, 0.25) is 0 Å². The highest BCUT2D eigenvalue weighted by Crippen LogP contribution is 2.28. The SMILES string of the molecule is CCC(NC(=O)Cc1ccc(OC)c(OC)c1)c1ccc(OC)c(C)c1. The molecule has 2 aromatic carbocycles. The predicted octanol–water partition coefficient (Wildman–Crippen LogP) is 3.83. The van der Waals surface area contributed by atoms with E-state index in [1.165, 1.54) is 0 Å². The van der Waals surface area contributed by atoms with E-state index in [4.69, 9.17) is 14.2 Å². The van der Waals surface area contributed by atoms with E-state index in [2.05, 4.69) is 18.3 Å². The van der Waals surface area contributed by atoms with Gasteiger partial charge in [0.25, 0.3) is 0 Å². The number of amides is 1. The standard InChI is InChI=1S/C21H27NO4/c1-6-17(16-8-10-18(24-3)14(2)11-16)22-21(23)13-15-7-9-19(25-4)20(12-15)26-5/h7-12,17H,6,13H2,1-5H3,(H,22,23). The normalized spacial score (nSPS) is 11.6. The molecular weight excluding hydrogens is 330 g/mol. The van der Waals surface area contributed by atoms with Crippen molar-refractivity contribution in [1.82, 2.24) is 5.32 Å². The van der Waals surface area contributed by atoms with Gasteiger partial charge in [-0.3, -0.25) is 4.79 Å². The second kappa shape index (κ2) is 9.13. The van der Waals surface area contributed by atoms with Gasteiger partial charge >= 0.3 is 0 Å². The van der Waals surface area contributed by atoms with Crippen LogP contribution in [-0.2, 0) is 11.2 Å². The average Bonchev–Trinajstić information content (AvgIpc) is 2.65. The van der Waals surface area contributed by atoms with Crippen molar-refractivity contribution in [3.8, 4) is 17.2 Å². The lowest BCUT2D eigenvalue weighted by atomic mass is 10.0. The zero-order valence-corrected chi connectivity index (χ0v) is 16.1. The molecule has 1 N–H and O–H groups in total. The number of methoxy groups -OCH3 is 3. The summed E-state index contributed by atoms with van der Waals surface area (Å²) in [6.07, 6.45) is 1.09. The third-order valence-corrected chi connectivity index (χ3v) is 4.38. The van der Waals surface area contributed by atoms with Crippen molar-refractivity contribution in [2.24, 2.45) is 0 Å². The second-order valence-electron chi connectivity index (χ2n) is 6.12. The largest absolute Gasteiger partial charge is 0.496 e. The Bertz CT molecular complexity index is 758. The number of hydrogen-bond donors (Lipinski definition) is 1. The van der Waals surface area contributed by atoms with Gasteiger partial charge in [0.05, 0.1) is 33.8 Å². The molecule has 2 rings (SSSR count). The van der Waals surface area contributed by atoms with Crippen LogP contribution in [0, 0.1) is 6.92 Å². The van der Waals surface area contributed by atoms with Gasteiger partial charge in [-0.05, 0) is 48.2 Å². The molecule has 5 nitrogen and oxygen atoms in total. The Hall–Kier alpha value is -2.69. The Morgan fingerprint density at radius 1 is 0.962 bits per heavy atom. The van der Waals surface area contributed by atoms with Crippen LogP contribution in [0.15, 0.2) is 36.4 Å². The Labute approximate surface area is 155 Å². The van der Waals surface area contributed by atoms with Crippen LogP contribution in [0.3, 0.4) is 0 Å². The van der Waals surface area contributed by atoms with Crippen LogP contribution in [0.4, 0.5) is 0 Å². The number of ether oxygens (including phenoxy) is 3. The maximum Gasteiger partial charge on any atom is 0.224 e. The van der Waals surface area contributed by atoms with E-state index in [-0.39, 0.29) is 18.4 Å². The first-order chi connectivity index (χ1) is 12.5. The fourth-order valence-electron chi connectivity index (χ4n) is 2.96. The van der Waals surface area contributed by atoms with Crippen LogP contribution in [0.25, 0.3) is 0 Å². The lowest BCUT2D eigenvalue weighted by Crippen LogP contribution is -2.29. The van der Waals surface area contributed by atoms with Gasteiger partial charge in [-0.2, -0.15) is 0 Å². The summed E-state index contributed by atoms with van der Waals surface area (Å²) in [6.45, 7) is 4.06. The highest BCUT2D eigenvalue weighted by atomic mass is 16.5. The Balaban J connectivity index is 2.08. The van der Waals surface area contributed by atoms with Gasteiger partial charge < -0.3 is 19.5 Å². The van der Waals surface area contributed by atoms with E-state index in [0.717, 1.165) is 28.9 Å². The molecular formula is C21H27NO4. The minimum atomic E-state index is -0.0350. The monoisotopic (exact) mass is 357 g/mol. The molecule has 140 valence electrons. The fraction of sp³-hybridized carbons (Fsp3) is 0.381. The van der Waals surface area contributed by atoms with E-state index in [9.17, 15) is 4.79 Å². The Kier molecular flexibility index (Phi) is 6.89. The topological polar surface area (TPSA) is 56.8 Å². The summed E-state index contributed by atoms with van der Waals surface area (Å²) in [7, 11) is 4.83. The summed E-state index contributed by atoms with van der Waals surface area (Å²) < 4.78 is 15.8. The summed E-state index contributed by atoms with van der Waals surface area (Å²) in [5.74, 6) is 2.09. The number of nitrogens with one attached hydrogen (secondary N) is 1. The van der Waals surface area contributed by atoms with E-state index >= 15 is 0 Å². The molecule has 0 radical (unpaired) electrons. The Morgan fingerprint density at radius 2 is 1.62 bits per heavy atom. The van der Waals surface area contributed by atoms with Gasteiger partial charge in [-0.15, -0.1) is 0 Å². The molecule has 0 aliphatic rings. The molecule has 0 saturated carbocycles. The summed E-state index contributed by atoms with van der Waals surface area (Å²) in [5.41, 5.74) is 3.00. The smallest absolute Gasteiger partial charge is 0.224 e. The van der Waals surface area contributed by atoms with Crippen LogP contribution < -0.4 is 19.5 Å². The molecule has 5 heteroatoms. The van der Waals surface area contributed by atoms with Crippen molar-refractivity contribution < 1.29 is 19.0 Å². The number of carbonyl (C=O) groups is 1. The van der Waals surface area contributed by atoms with Crippen molar-refractivity contribution in [3.05, 3.63) is 53.1 Å². The van der Waals surface area contributed by atoms with E-state index in [1.54, 1.807) is 21.3 Å². The molecule has 0 aliphatic carbocycles. The van der Waals surface area contributed by atoms with Gasteiger partial charge in [-0.1, -0.05) is 25.1 Å². The molecule has 0 fully saturated rings. The molecule has 0 saturated heterocycles. The number of benzene rings is 2. The average molecular weight is 357 g/mol. The van der Waals surface area contributed by atoms with Gasteiger partial charge in [0, 0.05) is 0 Å². The van der Waals surface area contributed by atoms with Crippen molar-refractivity contribution in [2.75, 3.05) is 21.3 Å². The van der Waals surface area contributed by atoms with E-state index in [0.29, 0.717) is 11.5 Å². The maximum atomic E-state index is 12.5. The van der Waals surface area contributed by atoms with Crippen LogP contribution in [0.1, 0.15) is 36.1 Å². The number of hydrogen-bond acceptors (Lipinski definition) is 4. The minimum absolute atomic E-state index is 0.0301. The predicted molar refractivity (Wildman–Crippen MR) is 102 cm³/mol. The molecule has 26 heavy (non-hydrogen) atoms. The molecule has 0 aromatic heterocycles. The van der Waals surface area contributed by atoms with E-state index in [1.807, 2.05) is 37.3 Å². The number of carbonyl (C=O) groups excluding carboxylic acids is 1. The molecule has 1 atom stereocenters. The number of rotatable bonds is 8. The summed E-state index contributed by atoms with van der Waals surface area (Å²) in [4.78, 5) is 12.5. The van der Waals surface area contributed by atoms with Gasteiger partial charge in [-0.25, -0.2) is 0 Å². The fourth-order valence-corrected chi connectivity index (χ4v) is 2.96. The lowest BCUT2D eigenvalue weighted by Gasteiger charge is -2.19. The quantitative estimate of drug-likeness (QED) is 0.780. The Morgan fingerprint density at radius 3 is 2.19 bits per heavy atom. The molecule has 0 bridgehead atoms. The number of aryl methyl sites for hydroxylation is 1. The summed E-state index contributed by atoms with van der Waals surface area (Å²) in [5, 5.41) is 3.11. The molecule has 0 aliphatic heterocycles. The van der Waals surface area contributed by atoms with Crippen molar-refractivity contribution in [3.63, 3.8) is 0 Å². The zero-order chi connectivity index (χ0) is 19.1. The van der Waals surface area contributed by atoms with Gasteiger partial charge in [0.15, 0.2) is 11.5 Å². The van der Waals surface area contributed by atoms with Gasteiger partial charge in [0.2, 0.25) is 5.91 Å². The maximum absolute atomic E-state index is 12.5.